The lowest BCUT2D eigenvalue weighted by Crippen LogP contribution is -2.43. The number of H-pyrrole nitrogens is 1. The minimum Gasteiger partial charge on any atom is -0.465 e. The third-order valence-corrected chi connectivity index (χ3v) is 7.31. The summed E-state index contributed by atoms with van der Waals surface area (Å²) < 4.78 is 6.46. The number of benzene rings is 2. The third-order valence-electron chi connectivity index (χ3n) is 6.98. The minimum absolute atomic E-state index is 0.0703. The van der Waals surface area contributed by atoms with E-state index in [-0.39, 0.29) is 28.8 Å². The molecule has 0 bridgehead atoms. The first-order valence-electron chi connectivity index (χ1n) is 11.5. The van der Waals surface area contributed by atoms with Gasteiger partial charge in [0.15, 0.2) is 4.77 Å². The molecule has 0 spiro atoms. The van der Waals surface area contributed by atoms with Gasteiger partial charge in [-0.15, -0.1) is 0 Å². The molecule has 1 amide bonds. The number of carbonyl (C=O) groups excluding carboxylic acids is 2. The lowest BCUT2D eigenvalue weighted by atomic mass is 9.78. The predicted molar refractivity (Wildman–Crippen MR) is 134 cm³/mol. The highest BCUT2D eigenvalue weighted by atomic mass is 32.1. The van der Waals surface area contributed by atoms with Crippen molar-refractivity contribution >= 4 is 35.0 Å². The van der Waals surface area contributed by atoms with Crippen LogP contribution in [0.5, 0.6) is 0 Å². The summed E-state index contributed by atoms with van der Waals surface area (Å²) in [6.07, 6.45) is 3.37. The van der Waals surface area contributed by atoms with Gasteiger partial charge in [0.05, 0.1) is 30.1 Å². The van der Waals surface area contributed by atoms with Crippen LogP contribution < -0.4 is 10.9 Å². The van der Waals surface area contributed by atoms with Gasteiger partial charge in [0.25, 0.3) is 11.5 Å². The van der Waals surface area contributed by atoms with Crippen molar-refractivity contribution in [1.82, 2.24) is 14.9 Å². The number of nitrogens with zero attached hydrogens (tertiary/aromatic N) is 1. The first-order chi connectivity index (χ1) is 16.3. The molecule has 8 heteroatoms. The maximum Gasteiger partial charge on any atom is 0.337 e. The molecular formula is C26H29N3O4S. The second kappa shape index (κ2) is 9.93. The first kappa shape index (κ1) is 23.9. The van der Waals surface area contributed by atoms with E-state index >= 15 is 0 Å². The van der Waals surface area contributed by atoms with E-state index in [1.807, 2.05) is 12.1 Å². The summed E-state index contributed by atoms with van der Waals surface area (Å²) in [7, 11) is 1.30. The van der Waals surface area contributed by atoms with Crippen molar-refractivity contribution in [3.63, 3.8) is 0 Å². The number of methoxy groups -OCH3 is 1. The lowest BCUT2D eigenvalue weighted by molar-refractivity contribution is 0.0600. The number of fused-ring (bicyclic) bond motifs is 1. The molecule has 7 nitrogen and oxygen atoms in total. The Balaban J connectivity index is 1.52. The highest BCUT2D eigenvalue weighted by Gasteiger charge is 2.28. The summed E-state index contributed by atoms with van der Waals surface area (Å²) >= 11 is 5.41. The summed E-state index contributed by atoms with van der Waals surface area (Å²) in [5.41, 5.74) is 2.01. The molecule has 2 aromatic carbocycles. The van der Waals surface area contributed by atoms with Crippen LogP contribution in [0.25, 0.3) is 10.9 Å². The van der Waals surface area contributed by atoms with Gasteiger partial charge in [-0.05, 0) is 66.4 Å². The van der Waals surface area contributed by atoms with Crippen molar-refractivity contribution in [3.8, 4) is 0 Å². The molecule has 1 aliphatic rings. The van der Waals surface area contributed by atoms with Crippen molar-refractivity contribution in [1.29, 1.82) is 0 Å². The van der Waals surface area contributed by atoms with Crippen LogP contribution in [0.15, 0.2) is 47.3 Å². The predicted octanol–water partition coefficient (Wildman–Crippen LogP) is 4.45. The zero-order valence-electron chi connectivity index (χ0n) is 19.6. The number of ether oxygens (including phenoxy) is 1. The Morgan fingerprint density at radius 3 is 2.53 bits per heavy atom. The molecule has 0 saturated heterocycles. The standard InChI is InChI=1S/C26H29N3O4S/c1-15-5-4-6-21(16(15)2)27-23(30)18-9-7-17(8-10-18)14-29-24(31)20-12-11-19(25(32)33-3)13-22(20)28-26(29)34/h7-13,15-16,21H,4-6,14H2,1-3H3,(H,27,30)(H,28,34)/t15-,16+,21+/m0/s1. The summed E-state index contributed by atoms with van der Waals surface area (Å²) in [6.45, 7) is 4.72. The first-order valence-corrected chi connectivity index (χ1v) is 11.9. The van der Waals surface area contributed by atoms with Crippen LogP contribution in [-0.2, 0) is 11.3 Å². The summed E-state index contributed by atoms with van der Waals surface area (Å²) in [5, 5.41) is 3.61. The second-order valence-corrected chi connectivity index (χ2v) is 9.50. The number of hydrogen-bond acceptors (Lipinski definition) is 5. The van der Waals surface area contributed by atoms with Crippen molar-refractivity contribution < 1.29 is 14.3 Å². The van der Waals surface area contributed by atoms with Gasteiger partial charge < -0.3 is 15.0 Å². The van der Waals surface area contributed by atoms with E-state index in [4.69, 9.17) is 17.0 Å². The number of carbonyl (C=O) groups is 2. The fraction of sp³-hybridized carbons (Fsp3) is 0.385. The summed E-state index contributed by atoms with van der Waals surface area (Å²) in [5.74, 6) is 0.515. The Morgan fingerprint density at radius 2 is 1.82 bits per heavy atom. The van der Waals surface area contributed by atoms with Crippen molar-refractivity contribution in [2.75, 3.05) is 7.11 Å². The molecule has 0 radical (unpaired) electrons. The van der Waals surface area contributed by atoms with Crippen molar-refractivity contribution in [2.24, 2.45) is 11.8 Å². The molecule has 3 aromatic rings. The Bertz CT molecular complexity index is 1340. The normalized spacial score (nSPS) is 20.1. The fourth-order valence-corrected chi connectivity index (χ4v) is 4.88. The highest BCUT2D eigenvalue weighted by molar-refractivity contribution is 7.71. The Kier molecular flexibility index (Phi) is 6.97. The topological polar surface area (TPSA) is 93.2 Å². The van der Waals surface area contributed by atoms with Gasteiger partial charge in [-0.25, -0.2) is 4.79 Å². The van der Waals surface area contributed by atoms with Crippen LogP contribution in [0.2, 0.25) is 0 Å². The molecule has 0 unspecified atom stereocenters. The van der Waals surface area contributed by atoms with Gasteiger partial charge in [-0.2, -0.15) is 0 Å². The smallest absolute Gasteiger partial charge is 0.337 e. The van der Waals surface area contributed by atoms with Crippen LogP contribution in [-0.4, -0.2) is 34.6 Å². The van der Waals surface area contributed by atoms with Crippen LogP contribution in [0.4, 0.5) is 0 Å². The molecular weight excluding hydrogens is 450 g/mol. The van der Waals surface area contributed by atoms with Crippen molar-refractivity contribution in [2.45, 2.75) is 45.7 Å². The molecule has 1 aliphatic carbocycles. The molecule has 2 N–H and O–H groups in total. The lowest BCUT2D eigenvalue weighted by Gasteiger charge is -2.34. The Labute approximate surface area is 203 Å². The molecule has 1 aromatic heterocycles. The number of amides is 1. The molecule has 4 rings (SSSR count). The van der Waals surface area contributed by atoms with Gasteiger partial charge in [0, 0.05) is 11.6 Å². The largest absolute Gasteiger partial charge is 0.465 e. The fourth-order valence-electron chi connectivity index (χ4n) is 4.62. The molecule has 1 heterocycles. The van der Waals surface area contributed by atoms with Crippen LogP contribution in [0.1, 0.15) is 59.4 Å². The maximum absolute atomic E-state index is 13.1. The zero-order chi connectivity index (χ0) is 24.4. The van der Waals surface area contributed by atoms with Gasteiger partial charge in [-0.3, -0.25) is 14.2 Å². The van der Waals surface area contributed by atoms with E-state index in [0.29, 0.717) is 33.9 Å². The van der Waals surface area contributed by atoms with E-state index in [9.17, 15) is 14.4 Å². The molecule has 178 valence electrons. The molecule has 34 heavy (non-hydrogen) atoms. The number of hydrogen-bond donors (Lipinski definition) is 2. The Morgan fingerprint density at radius 1 is 1.12 bits per heavy atom. The third kappa shape index (κ3) is 4.82. The van der Waals surface area contributed by atoms with Crippen LogP contribution in [0, 0.1) is 16.6 Å². The van der Waals surface area contributed by atoms with E-state index in [1.54, 1.807) is 30.3 Å². The van der Waals surface area contributed by atoms with E-state index in [1.165, 1.54) is 18.1 Å². The van der Waals surface area contributed by atoms with Gasteiger partial charge in [0.2, 0.25) is 0 Å². The quantitative estimate of drug-likeness (QED) is 0.417. The average Bonchev–Trinajstić information content (AvgIpc) is 2.84. The van der Waals surface area contributed by atoms with E-state index < -0.39 is 5.97 Å². The monoisotopic (exact) mass is 479 g/mol. The average molecular weight is 480 g/mol. The van der Waals surface area contributed by atoms with Crippen LogP contribution >= 0.6 is 12.2 Å². The summed E-state index contributed by atoms with van der Waals surface area (Å²) in [6, 6.07) is 12.1. The number of esters is 1. The number of aromatic nitrogens is 2. The Hall–Kier alpha value is -3.26. The van der Waals surface area contributed by atoms with Crippen molar-refractivity contribution in [3.05, 3.63) is 74.3 Å². The minimum atomic E-state index is -0.484. The zero-order valence-corrected chi connectivity index (χ0v) is 20.4. The summed E-state index contributed by atoms with van der Waals surface area (Å²) in [4.78, 5) is 40.6. The van der Waals surface area contributed by atoms with Crippen LogP contribution in [0.3, 0.4) is 0 Å². The number of aromatic amines is 1. The van der Waals surface area contributed by atoms with E-state index in [2.05, 4.69) is 24.1 Å². The SMILES string of the molecule is COC(=O)c1ccc2c(=O)n(Cc3ccc(C(=O)N[C@@H]4CCC[C@H](C)[C@H]4C)cc3)c(=S)[nH]c2c1. The van der Waals surface area contributed by atoms with Gasteiger partial charge in [-0.1, -0.05) is 38.8 Å². The molecule has 3 atom stereocenters. The second-order valence-electron chi connectivity index (χ2n) is 9.12. The molecule has 0 aliphatic heterocycles. The van der Waals surface area contributed by atoms with Gasteiger partial charge in [0.1, 0.15) is 0 Å². The maximum atomic E-state index is 13.1. The van der Waals surface area contributed by atoms with Gasteiger partial charge >= 0.3 is 5.97 Å². The molecule has 1 saturated carbocycles. The number of nitrogens with one attached hydrogen (secondary N) is 2. The highest BCUT2D eigenvalue weighted by Crippen LogP contribution is 2.29. The van der Waals surface area contributed by atoms with E-state index in [0.717, 1.165) is 18.4 Å². The molecule has 1 fully saturated rings. The number of rotatable bonds is 5.